The lowest BCUT2D eigenvalue weighted by molar-refractivity contribution is -0.139. The van der Waals surface area contributed by atoms with Crippen LogP contribution >= 0.6 is 11.6 Å². The SMILES string of the molecule is CN1CCC(CC2CCCCC2)(N2CCN(C(=O)C(Cc3ccc(Cl)cc3)NC(=O)CC3NCc4ccccc43)CC2)CC1. The summed E-state index contributed by atoms with van der Waals surface area (Å²) in [7, 11) is 2.25. The molecular formula is C36H50ClN5O2. The number of piperazine rings is 1. The Morgan fingerprint density at radius 1 is 0.955 bits per heavy atom. The van der Waals surface area contributed by atoms with Crippen LogP contribution < -0.4 is 10.6 Å². The molecule has 8 heteroatoms. The van der Waals surface area contributed by atoms with Crippen molar-refractivity contribution >= 4 is 23.4 Å². The fourth-order valence-corrected chi connectivity index (χ4v) is 8.42. The molecule has 2 amide bonds. The van der Waals surface area contributed by atoms with Gasteiger partial charge < -0.3 is 20.4 Å². The van der Waals surface area contributed by atoms with Gasteiger partial charge in [0.1, 0.15) is 6.04 Å². The highest BCUT2D eigenvalue weighted by Gasteiger charge is 2.43. The Kier molecular flexibility index (Phi) is 10.3. The number of piperidine rings is 1. The summed E-state index contributed by atoms with van der Waals surface area (Å²) in [6.07, 6.45) is 11.4. The number of nitrogens with zero attached hydrogens (tertiary/aromatic N) is 3. The van der Waals surface area contributed by atoms with Crippen LogP contribution in [0, 0.1) is 5.92 Å². The van der Waals surface area contributed by atoms with Crippen LogP contribution in [0.1, 0.15) is 80.5 Å². The molecule has 44 heavy (non-hydrogen) atoms. The average molecular weight is 620 g/mol. The first kappa shape index (κ1) is 31.5. The van der Waals surface area contributed by atoms with Gasteiger partial charge in [-0.2, -0.15) is 0 Å². The molecule has 0 bridgehead atoms. The average Bonchev–Trinajstić information content (AvgIpc) is 3.45. The van der Waals surface area contributed by atoms with Gasteiger partial charge in [0.05, 0.1) is 0 Å². The lowest BCUT2D eigenvalue weighted by Crippen LogP contribution is -2.63. The molecule has 238 valence electrons. The summed E-state index contributed by atoms with van der Waals surface area (Å²) in [6.45, 7) is 6.32. The summed E-state index contributed by atoms with van der Waals surface area (Å²) >= 11 is 6.15. The molecular weight excluding hydrogens is 570 g/mol. The Labute approximate surface area is 268 Å². The smallest absolute Gasteiger partial charge is 0.245 e. The molecule has 6 rings (SSSR count). The second kappa shape index (κ2) is 14.3. The number of likely N-dealkylation sites (tertiary alicyclic amines) is 1. The van der Waals surface area contributed by atoms with Crippen molar-refractivity contribution in [3.63, 3.8) is 0 Å². The normalized spacial score (nSPS) is 23.7. The van der Waals surface area contributed by atoms with Crippen LogP contribution in [0.25, 0.3) is 0 Å². The van der Waals surface area contributed by atoms with Gasteiger partial charge in [-0.3, -0.25) is 14.5 Å². The molecule has 2 unspecified atom stereocenters. The number of halogens is 1. The first-order valence-electron chi connectivity index (χ1n) is 17.0. The van der Waals surface area contributed by atoms with Gasteiger partial charge in [-0.25, -0.2) is 0 Å². The number of hydrogen-bond donors (Lipinski definition) is 2. The van der Waals surface area contributed by atoms with Crippen LogP contribution in [0.5, 0.6) is 0 Å². The van der Waals surface area contributed by atoms with E-state index in [2.05, 4.69) is 39.6 Å². The Balaban J connectivity index is 1.12. The van der Waals surface area contributed by atoms with Crippen molar-refractivity contribution in [1.82, 2.24) is 25.3 Å². The maximum Gasteiger partial charge on any atom is 0.245 e. The highest BCUT2D eigenvalue weighted by Crippen LogP contribution is 2.40. The van der Waals surface area contributed by atoms with Gasteiger partial charge in [-0.15, -0.1) is 0 Å². The zero-order chi connectivity index (χ0) is 30.5. The van der Waals surface area contributed by atoms with Gasteiger partial charge in [0.15, 0.2) is 0 Å². The minimum atomic E-state index is -0.605. The first-order valence-corrected chi connectivity index (χ1v) is 17.3. The zero-order valence-electron chi connectivity index (χ0n) is 26.4. The van der Waals surface area contributed by atoms with E-state index in [1.165, 1.54) is 62.5 Å². The lowest BCUT2D eigenvalue weighted by Gasteiger charge is -2.53. The van der Waals surface area contributed by atoms with Crippen LogP contribution in [0.15, 0.2) is 48.5 Å². The molecule has 3 fully saturated rings. The molecule has 1 saturated carbocycles. The Bertz CT molecular complexity index is 1260. The third kappa shape index (κ3) is 7.50. The molecule has 0 radical (unpaired) electrons. The summed E-state index contributed by atoms with van der Waals surface area (Å²) < 4.78 is 0. The highest BCUT2D eigenvalue weighted by atomic mass is 35.5. The maximum atomic E-state index is 14.1. The quantitative estimate of drug-likeness (QED) is 0.405. The molecule has 2 aromatic carbocycles. The molecule has 0 spiro atoms. The van der Waals surface area contributed by atoms with E-state index >= 15 is 0 Å². The number of carbonyl (C=O) groups is 2. The third-order valence-electron chi connectivity index (χ3n) is 10.9. The fourth-order valence-electron chi connectivity index (χ4n) is 8.29. The van der Waals surface area contributed by atoms with E-state index in [1.54, 1.807) is 0 Å². The Morgan fingerprint density at radius 3 is 2.39 bits per heavy atom. The van der Waals surface area contributed by atoms with Gasteiger partial charge in [0.2, 0.25) is 11.8 Å². The fraction of sp³-hybridized carbons (Fsp3) is 0.611. The minimum absolute atomic E-state index is 0.0254. The predicted octanol–water partition coefficient (Wildman–Crippen LogP) is 5.18. The Morgan fingerprint density at radius 2 is 1.66 bits per heavy atom. The van der Waals surface area contributed by atoms with Crippen molar-refractivity contribution in [3.8, 4) is 0 Å². The molecule has 2 saturated heterocycles. The van der Waals surface area contributed by atoms with E-state index in [9.17, 15) is 9.59 Å². The molecule has 4 aliphatic rings. The molecule has 2 N–H and O–H groups in total. The molecule has 2 atom stereocenters. The molecule has 0 aromatic heterocycles. The van der Waals surface area contributed by atoms with Crippen LogP contribution in [-0.2, 0) is 22.6 Å². The topological polar surface area (TPSA) is 67.9 Å². The molecule has 7 nitrogen and oxygen atoms in total. The van der Waals surface area contributed by atoms with E-state index < -0.39 is 6.04 Å². The maximum absolute atomic E-state index is 14.1. The molecule has 2 aromatic rings. The summed E-state index contributed by atoms with van der Waals surface area (Å²) in [4.78, 5) is 34.7. The van der Waals surface area contributed by atoms with E-state index in [0.717, 1.165) is 44.2 Å². The van der Waals surface area contributed by atoms with Crippen molar-refractivity contribution in [2.45, 2.75) is 88.4 Å². The van der Waals surface area contributed by atoms with Crippen molar-refractivity contribution in [2.24, 2.45) is 5.92 Å². The molecule has 1 aliphatic carbocycles. The van der Waals surface area contributed by atoms with Crippen molar-refractivity contribution < 1.29 is 9.59 Å². The number of hydrogen-bond acceptors (Lipinski definition) is 5. The molecule has 3 aliphatic heterocycles. The van der Waals surface area contributed by atoms with Gasteiger partial charge in [-0.05, 0) is 74.1 Å². The zero-order valence-corrected chi connectivity index (χ0v) is 27.2. The van der Waals surface area contributed by atoms with Crippen molar-refractivity contribution in [1.29, 1.82) is 0 Å². The van der Waals surface area contributed by atoms with Gasteiger partial charge in [-0.1, -0.05) is 80.1 Å². The predicted molar refractivity (Wildman–Crippen MR) is 177 cm³/mol. The summed E-state index contributed by atoms with van der Waals surface area (Å²) in [5.41, 5.74) is 3.66. The number of carbonyl (C=O) groups excluding carboxylic acids is 2. The van der Waals surface area contributed by atoms with Crippen LogP contribution in [-0.4, -0.2) is 84.4 Å². The summed E-state index contributed by atoms with van der Waals surface area (Å²) in [6, 6.07) is 15.2. The summed E-state index contributed by atoms with van der Waals surface area (Å²) in [5.74, 6) is 0.771. The number of benzene rings is 2. The van der Waals surface area contributed by atoms with E-state index in [-0.39, 0.29) is 23.4 Å². The third-order valence-corrected chi connectivity index (χ3v) is 11.2. The van der Waals surface area contributed by atoms with Gasteiger partial charge in [0.25, 0.3) is 0 Å². The van der Waals surface area contributed by atoms with Gasteiger partial charge in [0, 0.05) is 62.2 Å². The lowest BCUT2D eigenvalue weighted by atomic mass is 9.73. The largest absolute Gasteiger partial charge is 0.344 e. The van der Waals surface area contributed by atoms with Crippen LogP contribution in [0.3, 0.4) is 0 Å². The van der Waals surface area contributed by atoms with Crippen molar-refractivity contribution in [2.75, 3.05) is 46.3 Å². The number of amides is 2. The van der Waals surface area contributed by atoms with E-state index in [4.69, 9.17) is 11.6 Å². The minimum Gasteiger partial charge on any atom is -0.344 e. The van der Waals surface area contributed by atoms with Crippen LogP contribution in [0.4, 0.5) is 0 Å². The Hall–Kier alpha value is -2.45. The number of fused-ring (bicyclic) bond motifs is 1. The summed E-state index contributed by atoms with van der Waals surface area (Å²) in [5, 5.41) is 7.29. The van der Waals surface area contributed by atoms with Gasteiger partial charge >= 0.3 is 0 Å². The first-order chi connectivity index (χ1) is 21.4. The standard InChI is InChI=1S/C36H50ClN5O2/c1-40-17-15-36(16-18-40,25-28-7-3-2-4-8-28)42-21-19-41(20-22-42)35(44)33(23-27-11-13-30(37)14-12-27)39-34(43)24-32-31-10-6-5-9-29(31)26-38-32/h5-6,9-14,28,32-33,38H,2-4,7-8,15-26H2,1H3,(H,39,43). The molecule has 3 heterocycles. The number of rotatable bonds is 9. The second-order valence-electron chi connectivity index (χ2n) is 13.8. The number of nitrogens with one attached hydrogen (secondary N) is 2. The van der Waals surface area contributed by atoms with E-state index in [0.29, 0.717) is 31.0 Å². The van der Waals surface area contributed by atoms with Crippen LogP contribution in [0.2, 0.25) is 5.02 Å². The monoisotopic (exact) mass is 619 g/mol. The second-order valence-corrected chi connectivity index (χ2v) is 14.3. The highest BCUT2D eigenvalue weighted by molar-refractivity contribution is 6.30. The van der Waals surface area contributed by atoms with Crippen molar-refractivity contribution in [3.05, 3.63) is 70.2 Å². The van der Waals surface area contributed by atoms with E-state index in [1.807, 2.05) is 41.3 Å².